The molecule has 3 nitrogen and oxygen atoms in total. The van der Waals surface area contributed by atoms with Gasteiger partial charge in [-0.25, -0.2) is 8.78 Å². The molecule has 110 valence electrons. The molecule has 0 bridgehead atoms. The van der Waals surface area contributed by atoms with E-state index in [9.17, 15) is 13.6 Å². The van der Waals surface area contributed by atoms with Crippen molar-refractivity contribution in [2.45, 2.75) is 6.42 Å². The van der Waals surface area contributed by atoms with Gasteiger partial charge in [-0.15, -0.1) is 0 Å². The number of likely N-dealkylation sites (N-methyl/N-ethyl adjacent to an activating group) is 1. The van der Waals surface area contributed by atoms with Crippen LogP contribution in [0.3, 0.4) is 0 Å². The fourth-order valence-electron chi connectivity index (χ4n) is 2.73. The fourth-order valence-corrected chi connectivity index (χ4v) is 2.73. The lowest BCUT2D eigenvalue weighted by atomic mass is 10.1. The summed E-state index contributed by atoms with van der Waals surface area (Å²) in [6, 6.07) is 3.07. The van der Waals surface area contributed by atoms with E-state index in [4.69, 9.17) is 0 Å². The Labute approximate surface area is 118 Å². The normalized spacial score (nSPS) is 19.8. The van der Waals surface area contributed by atoms with E-state index < -0.39 is 11.6 Å². The van der Waals surface area contributed by atoms with E-state index in [0.29, 0.717) is 5.92 Å². The van der Waals surface area contributed by atoms with Crippen LogP contribution < -0.4 is 0 Å². The number of halogens is 2. The van der Waals surface area contributed by atoms with Crippen LogP contribution in [0.4, 0.5) is 8.78 Å². The van der Waals surface area contributed by atoms with E-state index in [2.05, 4.69) is 11.9 Å². The Bertz CT molecular complexity index is 493. The van der Waals surface area contributed by atoms with Gasteiger partial charge in [0.2, 0.25) is 0 Å². The monoisotopic (exact) mass is 282 g/mol. The summed E-state index contributed by atoms with van der Waals surface area (Å²) in [5.74, 6) is -1.21. The number of hydrogen-bond donors (Lipinski definition) is 0. The molecule has 0 amide bonds. The zero-order chi connectivity index (χ0) is 14.7. The van der Waals surface area contributed by atoms with Crippen molar-refractivity contribution in [3.63, 3.8) is 0 Å². The molecule has 1 saturated heterocycles. The summed E-state index contributed by atoms with van der Waals surface area (Å²) in [5, 5.41) is 0. The van der Waals surface area contributed by atoms with E-state index in [0.717, 1.165) is 38.2 Å². The minimum absolute atomic E-state index is 0.0400. The maximum Gasteiger partial charge on any atom is 0.179 e. The highest BCUT2D eigenvalue weighted by Gasteiger charge is 2.22. The Balaban J connectivity index is 1.90. The third kappa shape index (κ3) is 3.84. The molecule has 20 heavy (non-hydrogen) atoms. The van der Waals surface area contributed by atoms with Gasteiger partial charge in [-0.3, -0.25) is 9.69 Å². The van der Waals surface area contributed by atoms with Crippen LogP contribution in [0.2, 0.25) is 0 Å². The van der Waals surface area contributed by atoms with Gasteiger partial charge in [0.1, 0.15) is 11.6 Å². The summed E-state index contributed by atoms with van der Waals surface area (Å²) in [6.45, 7) is 3.09. The highest BCUT2D eigenvalue weighted by atomic mass is 19.1. The van der Waals surface area contributed by atoms with Gasteiger partial charge in [-0.1, -0.05) is 0 Å². The molecule has 5 heteroatoms. The summed E-state index contributed by atoms with van der Waals surface area (Å²) in [7, 11) is 3.94. The lowest BCUT2D eigenvalue weighted by molar-refractivity contribution is 0.0934. The van der Waals surface area contributed by atoms with Gasteiger partial charge in [0.05, 0.1) is 12.1 Å². The number of carbonyl (C=O) groups is 1. The summed E-state index contributed by atoms with van der Waals surface area (Å²) in [4.78, 5) is 16.2. The molecule has 1 aromatic carbocycles. The Kier molecular flexibility index (Phi) is 4.83. The van der Waals surface area contributed by atoms with Crippen LogP contribution in [0, 0.1) is 17.6 Å². The summed E-state index contributed by atoms with van der Waals surface area (Å²) < 4.78 is 26.3. The second-order valence-corrected chi connectivity index (χ2v) is 5.66. The van der Waals surface area contributed by atoms with Crippen LogP contribution in [0.15, 0.2) is 18.2 Å². The molecular weight excluding hydrogens is 262 g/mol. The van der Waals surface area contributed by atoms with Crippen molar-refractivity contribution in [3.05, 3.63) is 35.4 Å². The van der Waals surface area contributed by atoms with Gasteiger partial charge in [-0.05, 0) is 45.1 Å². The van der Waals surface area contributed by atoms with Crippen LogP contribution in [0.25, 0.3) is 0 Å². The Morgan fingerprint density at radius 3 is 2.80 bits per heavy atom. The Morgan fingerprint density at radius 2 is 2.20 bits per heavy atom. The summed E-state index contributed by atoms with van der Waals surface area (Å²) in [6.07, 6.45) is 1.12. The molecule has 0 aliphatic carbocycles. The smallest absolute Gasteiger partial charge is 0.179 e. The van der Waals surface area contributed by atoms with Gasteiger partial charge in [0.15, 0.2) is 5.78 Å². The van der Waals surface area contributed by atoms with Gasteiger partial charge < -0.3 is 4.90 Å². The van der Waals surface area contributed by atoms with Crippen LogP contribution in [0.1, 0.15) is 16.8 Å². The third-order valence-electron chi connectivity index (χ3n) is 3.70. The molecule has 1 fully saturated rings. The van der Waals surface area contributed by atoms with E-state index >= 15 is 0 Å². The average Bonchev–Trinajstić information content (AvgIpc) is 2.74. The third-order valence-corrected chi connectivity index (χ3v) is 3.70. The number of likely N-dealkylation sites (tertiary alicyclic amines) is 1. The molecule has 1 aliphatic heterocycles. The molecule has 0 spiro atoms. The standard InChI is InChI=1S/C15H20F2N2O/c1-18-6-5-11(8-18)9-19(2)10-15(20)13-4-3-12(16)7-14(13)17/h3-4,7,11H,5-6,8-10H2,1-2H3. The molecule has 0 aromatic heterocycles. The second kappa shape index (κ2) is 6.41. The van der Waals surface area contributed by atoms with Gasteiger partial charge >= 0.3 is 0 Å². The molecule has 1 heterocycles. The first kappa shape index (κ1) is 15.1. The van der Waals surface area contributed by atoms with Gasteiger partial charge in [-0.2, -0.15) is 0 Å². The predicted octanol–water partition coefficient (Wildman–Crippen LogP) is 2.03. The van der Waals surface area contributed by atoms with E-state index in [1.165, 1.54) is 6.07 Å². The van der Waals surface area contributed by atoms with Crippen molar-refractivity contribution in [2.24, 2.45) is 5.92 Å². The largest absolute Gasteiger partial charge is 0.306 e. The number of rotatable bonds is 5. The zero-order valence-corrected chi connectivity index (χ0v) is 11.9. The van der Waals surface area contributed by atoms with Crippen molar-refractivity contribution in [1.82, 2.24) is 9.80 Å². The molecule has 0 N–H and O–H groups in total. The first-order chi connectivity index (χ1) is 9.45. The molecule has 1 aliphatic rings. The topological polar surface area (TPSA) is 23.6 Å². The first-order valence-corrected chi connectivity index (χ1v) is 6.81. The number of ketones is 1. The van der Waals surface area contributed by atoms with Crippen LogP contribution >= 0.6 is 0 Å². The lowest BCUT2D eigenvalue weighted by Gasteiger charge is -2.20. The molecule has 1 atom stereocenters. The highest BCUT2D eigenvalue weighted by Crippen LogP contribution is 2.16. The fraction of sp³-hybridized carbons (Fsp3) is 0.533. The van der Waals surface area contributed by atoms with Crippen molar-refractivity contribution < 1.29 is 13.6 Å². The van der Waals surface area contributed by atoms with Crippen molar-refractivity contribution in [2.75, 3.05) is 40.3 Å². The number of carbonyl (C=O) groups excluding carboxylic acids is 1. The molecule has 2 rings (SSSR count). The Morgan fingerprint density at radius 1 is 1.45 bits per heavy atom. The van der Waals surface area contributed by atoms with Crippen LogP contribution in [-0.4, -0.2) is 55.9 Å². The van der Waals surface area contributed by atoms with E-state index in [1.807, 2.05) is 11.9 Å². The molecule has 1 unspecified atom stereocenters. The molecule has 0 radical (unpaired) electrons. The van der Waals surface area contributed by atoms with E-state index in [1.54, 1.807) is 0 Å². The highest BCUT2D eigenvalue weighted by molar-refractivity contribution is 5.97. The number of nitrogens with zero attached hydrogens (tertiary/aromatic N) is 2. The SMILES string of the molecule is CN1CCC(CN(C)CC(=O)c2ccc(F)cc2F)C1. The summed E-state index contributed by atoms with van der Waals surface area (Å²) >= 11 is 0. The first-order valence-electron chi connectivity index (χ1n) is 6.81. The molecule has 1 aromatic rings. The number of hydrogen-bond acceptors (Lipinski definition) is 3. The predicted molar refractivity (Wildman–Crippen MR) is 73.8 cm³/mol. The minimum atomic E-state index is -0.788. The van der Waals surface area contributed by atoms with Crippen molar-refractivity contribution in [1.29, 1.82) is 0 Å². The van der Waals surface area contributed by atoms with E-state index in [-0.39, 0.29) is 17.9 Å². The van der Waals surface area contributed by atoms with Crippen molar-refractivity contribution >= 4 is 5.78 Å². The van der Waals surface area contributed by atoms with Crippen LogP contribution in [-0.2, 0) is 0 Å². The van der Waals surface area contributed by atoms with Crippen LogP contribution in [0.5, 0.6) is 0 Å². The maximum atomic E-state index is 13.5. The van der Waals surface area contributed by atoms with Crippen molar-refractivity contribution in [3.8, 4) is 0 Å². The number of Topliss-reactive ketones (excluding diaryl/α,β-unsaturated/α-hetero) is 1. The average molecular weight is 282 g/mol. The second-order valence-electron chi connectivity index (χ2n) is 5.66. The lowest BCUT2D eigenvalue weighted by Crippen LogP contribution is -2.32. The quantitative estimate of drug-likeness (QED) is 0.772. The summed E-state index contributed by atoms with van der Waals surface area (Å²) in [5.41, 5.74) is -0.0400. The zero-order valence-electron chi connectivity index (χ0n) is 11.9. The molecular formula is C15H20F2N2O. The molecule has 0 saturated carbocycles. The number of benzene rings is 1. The van der Waals surface area contributed by atoms with Gasteiger partial charge in [0.25, 0.3) is 0 Å². The minimum Gasteiger partial charge on any atom is -0.306 e. The maximum absolute atomic E-state index is 13.5. The van der Waals surface area contributed by atoms with Gasteiger partial charge in [0, 0.05) is 19.2 Å². The Hall–Kier alpha value is -1.33.